The van der Waals surface area contributed by atoms with E-state index in [9.17, 15) is 13.6 Å². The lowest BCUT2D eigenvalue weighted by Gasteiger charge is -2.13. The highest BCUT2D eigenvalue weighted by Gasteiger charge is 2.21. The van der Waals surface area contributed by atoms with Crippen LogP contribution in [0.2, 0.25) is 0 Å². The van der Waals surface area contributed by atoms with Gasteiger partial charge < -0.3 is 15.5 Å². The summed E-state index contributed by atoms with van der Waals surface area (Å²) >= 11 is 0. The number of amides is 1. The monoisotopic (exact) mass is 297 g/mol. The summed E-state index contributed by atoms with van der Waals surface area (Å²) in [5.74, 6) is -1.54. The van der Waals surface area contributed by atoms with E-state index in [-0.39, 0.29) is 11.3 Å². The van der Waals surface area contributed by atoms with Crippen molar-refractivity contribution in [3.05, 3.63) is 29.3 Å². The number of carbonyl (C=O) groups is 1. The molecule has 1 aliphatic heterocycles. The first-order valence-corrected chi connectivity index (χ1v) is 7.21. The van der Waals surface area contributed by atoms with Gasteiger partial charge in [0.05, 0.1) is 0 Å². The standard InChI is InChI=1S/C15H21F2N3O/c1-3-18-14-12(16)6-11(7-13(14)17)15(21)19-8-10-4-5-20(2)9-10/h6-7,10,18H,3-5,8-9H2,1-2H3,(H,19,21). The van der Waals surface area contributed by atoms with Gasteiger partial charge in [-0.05, 0) is 45.0 Å². The van der Waals surface area contributed by atoms with Gasteiger partial charge in [0, 0.05) is 25.2 Å². The fourth-order valence-electron chi connectivity index (χ4n) is 2.58. The maximum absolute atomic E-state index is 13.8. The first kappa shape index (κ1) is 15.7. The van der Waals surface area contributed by atoms with Gasteiger partial charge in [0.25, 0.3) is 5.91 Å². The van der Waals surface area contributed by atoms with E-state index in [4.69, 9.17) is 0 Å². The van der Waals surface area contributed by atoms with Gasteiger partial charge >= 0.3 is 0 Å². The molecular formula is C15H21F2N3O. The molecule has 0 radical (unpaired) electrons. The molecule has 2 N–H and O–H groups in total. The first-order valence-electron chi connectivity index (χ1n) is 7.21. The predicted octanol–water partition coefficient (Wildman–Crippen LogP) is 2.08. The number of carbonyl (C=O) groups excluding carboxylic acids is 1. The summed E-state index contributed by atoms with van der Waals surface area (Å²) in [7, 11) is 2.03. The minimum Gasteiger partial charge on any atom is -0.381 e. The van der Waals surface area contributed by atoms with Crippen molar-refractivity contribution in [3.63, 3.8) is 0 Å². The van der Waals surface area contributed by atoms with Crippen LogP contribution in [0.15, 0.2) is 12.1 Å². The van der Waals surface area contributed by atoms with Crippen molar-refractivity contribution in [3.8, 4) is 0 Å². The Morgan fingerprint density at radius 1 is 1.38 bits per heavy atom. The normalized spacial score (nSPS) is 18.8. The Kier molecular flexibility index (Phi) is 5.12. The van der Waals surface area contributed by atoms with Crippen LogP contribution in [0.5, 0.6) is 0 Å². The number of hydrogen-bond donors (Lipinski definition) is 2. The highest BCUT2D eigenvalue weighted by Crippen LogP contribution is 2.21. The molecule has 6 heteroatoms. The maximum Gasteiger partial charge on any atom is 0.251 e. The molecule has 1 unspecified atom stereocenters. The van der Waals surface area contributed by atoms with Gasteiger partial charge in [0.15, 0.2) is 0 Å². The Morgan fingerprint density at radius 2 is 2.05 bits per heavy atom. The predicted molar refractivity (Wildman–Crippen MR) is 78.5 cm³/mol. The number of nitrogens with one attached hydrogen (secondary N) is 2. The molecule has 1 fully saturated rings. The summed E-state index contributed by atoms with van der Waals surface area (Å²) < 4.78 is 27.5. The zero-order valence-corrected chi connectivity index (χ0v) is 12.4. The van der Waals surface area contributed by atoms with E-state index in [1.807, 2.05) is 7.05 Å². The molecule has 0 spiro atoms. The van der Waals surface area contributed by atoms with Gasteiger partial charge in [-0.15, -0.1) is 0 Å². The quantitative estimate of drug-likeness (QED) is 0.874. The van der Waals surface area contributed by atoms with Crippen LogP contribution < -0.4 is 10.6 Å². The second kappa shape index (κ2) is 6.85. The van der Waals surface area contributed by atoms with Crippen LogP contribution in [0.1, 0.15) is 23.7 Å². The fourth-order valence-corrected chi connectivity index (χ4v) is 2.58. The lowest BCUT2D eigenvalue weighted by atomic mass is 10.1. The van der Waals surface area contributed by atoms with Crippen LogP contribution in [0.25, 0.3) is 0 Å². The second-order valence-electron chi connectivity index (χ2n) is 5.47. The van der Waals surface area contributed by atoms with Crippen molar-refractivity contribution >= 4 is 11.6 Å². The molecule has 0 aromatic heterocycles. The van der Waals surface area contributed by atoms with E-state index in [0.29, 0.717) is 19.0 Å². The maximum atomic E-state index is 13.8. The number of nitrogens with zero attached hydrogens (tertiary/aromatic N) is 1. The Balaban J connectivity index is 1.99. The molecule has 1 saturated heterocycles. The first-order chi connectivity index (χ1) is 10.0. The van der Waals surface area contributed by atoms with Crippen molar-refractivity contribution in [2.24, 2.45) is 5.92 Å². The molecule has 2 rings (SSSR count). The Labute approximate surface area is 123 Å². The highest BCUT2D eigenvalue weighted by atomic mass is 19.1. The zero-order chi connectivity index (χ0) is 15.4. The minimum atomic E-state index is -0.748. The number of hydrogen-bond acceptors (Lipinski definition) is 3. The Morgan fingerprint density at radius 3 is 2.57 bits per heavy atom. The lowest BCUT2D eigenvalue weighted by Crippen LogP contribution is -2.30. The molecule has 21 heavy (non-hydrogen) atoms. The number of benzene rings is 1. The summed E-state index contributed by atoms with van der Waals surface area (Å²) in [6.07, 6.45) is 1.03. The highest BCUT2D eigenvalue weighted by molar-refractivity contribution is 5.94. The number of anilines is 1. The molecule has 1 aromatic carbocycles. The van der Waals surface area contributed by atoms with E-state index in [2.05, 4.69) is 15.5 Å². The van der Waals surface area contributed by atoms with Gasteiger partial charge in [0.1, 0.15) is 17.3 Å². The van der Waals surface area contributed by atoms with Crippen LogP contribution in [0, 0.1) is 17.6 Å². The summed E-state index contributed by atoms with van der Waals surface area (Å²) in [4.78, 5) is 14.2. The molecule has 4 nitrogen and oxygen atoms in total. The molecule has 0 bridgehead atoms. The number of halogens is 2. The molecule has 1 aliphatic rings. The van der Waals surface area contributed by atoms with Crippen molar-refractivity contribution in [2.45, 2.75) is 13.3 Å². The molecule has 1 heterocycles. The Bertz CT molecular complexity index is 499. The van der Waals surface area contributed by atoms with Crippen LogP contribution >= 0.6 is 0 Å². The third kappa shape index (κ3) is 3.91. The van der Waals surface area contributed by atoms with E-state index < -0.39 is 17.5 Å². The van der Waals surface area contributed by atoms with Crippen molar-refractivity contribution < 1.29 is 13.6 Å². The largest absolute Gasteiger partial charge is 0.381 e. The van der Waals surface area contributed by atoms with E-state index in [1.165, 1.54) is 0 Å². The molecular weight excluding hydrogens is 276 g/mol. The van der Waals surface area contributed by atoms with Gasteiger partial charge in [-0.3, -0.25) is 4.79 Å². The van der Waals surface area contributed by atoms with Crippen LogP contribution in [0.3, 0.4) is 0 Å². The van der Waals surface area contributed by atoms with E-state index >= 15 is 0 Å². The Hall–Kier alpha value is -1.69. The van der Waals surface area contributed by atoms with Gasteiger partial charge in [-0.25, -0.2) is 8.78 Å². The summed E-state index contributed by atoms with van der Waals surface area (Å²) in [6.45, 7) is 4.64. The van der Waals surface area contributed by atoms with Gasteiger partial charge in [-0.1, -0.05) is 0 Å². The topological polar surface area (TPSA) is 44.4 Å². The molecule has 116 valence electrons. The molecule has 1 atom stereocenters. The van der Waals surface area contributed by atoms with Crippen LogP contribution in [-0.4, -0.2) is 44.0 Å². The minimum absolute atomic E-state index is 0.0120. The van der Waals surface area contributed by atoms with Crippen molar-refractivity contribution in [1.29, 1.82) is 0 Å². The molecule has 0 saturated carbocycles. The zero-order valence-electron chi connectivity index (χ0n) is 12.4. The van der Waals surface area contributed by atoms with Crippen molar-refractivity contribution in [2.75, 3.05) is 38.5 Å². The van der Waals surface area contributed by atoms with Gasteiger partial charge in [-0.2, -0.15) is 0 Å². The third-order valence-electron chi connectivity index (χ3n) is 3.70. The van der Waals surface area contributed by atoms with Crippen LogP contribution in [-0.2, 0) is 0 Å². The van der Waals surface area contributed by atoms with Crippen molar-refractivity contribution in [1.82, 2.24) is 10.2 Å². The SMILES string of the molecule is CCNc1c(F)cc(C(=O)NCC2CCN(C)C2)cc1F. The third-order valence-corrected chi connectivity index (χ3v) is 3.70. The van der Waals surface area contributed by atoms with E-state index in [0.717, 1.165) is 31.6 Å². The molecule has 1 aromatic rings. The van der Waals surface area contributed by atoms with E-state index in [1.54, 1.807) is 6.92 Å². The van der Waals surface area contributed by atoms with Crippen LogP contribution in [0.4, 0.5) is 14.5 Å². The number of rotatable bonds is 5. The molecule has 1 amide bonds. The summed E-state index contributed by atoms with van der Waals surface area (Å²) in [5, 5.41) is 5.35. The second-order valence-corrected chi connectivity index (χ2v) is 5.47. The average molecular weight is 297 g/mol. The summed E-state index contributed by atoms with van der Waals surface area (Å²) in [5.41, 5.74) is -0.176. The molecule has 0 aliphatic carbocycles. The average Bonchev–Trinajstić information content (AvgIpc) is 2.85. The summed E-state index contributed by atoms with van der Waals surface area (Å²) in [6, 6.07) is 2.13. The smallest absolute Gasteiger partial charge is 0.251 e. The van der Waals surface area contributed by atoms with Gasteiger partial charge in [0.2, 0.25) is 0 Å². The lowest BCUT2D eigenvalue weighted by molar-refractivity contribution is 0.0946. The number of likely N-dealkylation sites (tertiary alicyclic amines) is 1. The fraction of sp³-hybridized carbons (Fsp3) is 0.533.